The summed E-state index contributed by atoms with van der Waals surface area (Å²) in [5.41, 5.74) is 3.29. The lowest BCUT2D eigenvalue weighted by Gasteiger charge is -2.27. The molecule has 8 nitrogen and oxygen atoms in total. The molecule has 5 rings (SSSR count). The van der Waals surface area contributed by atoms with Gasteiger partial charge in [-0.2, -0.15) is 0 Å². The van der Waals surface area contributed by atoms with Crippen molar-refractivity contribution in [2.24, 2.45) is 5.41 Å². The number of anilines is 1. The van der Waals surface area contributed by atoms with Gasteiger partial charge in [-0.15, -0.1) is 0 Å². The third-order valence-corrected chi connectivity index (χ3v) is 7.23. The fraction of sp³-hybridized carbons (Fsp3) is 0.320. The number of aromatic nitrogens is 3. The number of pyridine rings is 1. The molecule has 174 valence electrons. The summed E-state index contributed by atoms with van der Waals surface area (Å²) < 4.78 is 0.640. The fourth-order valence-electron chi connectivity index (χ4n) is 4.79. The van der Waals surface area contributed by atoms with Crippen molar-refractivity contribution in [2.45, 2.75) is 45.2 Å². The number of likely N-dealkylation sites (tertiary alicyclic amines) is 1. The monoisotopic (exact) mass is 521 g/mol. The number of carbonyl (C=O) groups is 2. The molecule has 0 unspecified atom stereocenters. The maximum absolute atomic E-state index is 13.4. The summed E-state index contributed by atoms with van der Waals surface area (Å²) in [5, 5.41) is 12.3. The molecule has 3 heterocycles. The van der Waals surface area contributed by atoms with Crippen LogP contribution in [0.5, 0.6) is 6.01 Å². The van der Waals surface area contributed by atoms with E-state index in [0.29, 0.717) is 16.8 Å². The van der Waals surface area contributed by atoms with Crippen molar-refractivity contribution < 1.29 is 14.7 Å². The highest BCUT2D eigenvalue weighted by Gasteiger charge is 2.64. The van der Waals surface area contributed by atoms with Crippen molar-refractivity contribution in [3.8, 4) is 17.1 Å². The predicted octanol–water partition coefficient (Wildman–Crippen LogP) is 3.88. The van der Waals surface area contributed by atoms with Crippen molar-refractivity contribution in [1.82, 2.24) is 19.9 Å². The lowest BCUT2D eigenvalue weighted by molar-refractivity contribution is -0.137. The van der Waals surface area contributed by atoms with Gasteiger partial charge in [0.25, 0.3) is 0 Å². The van der Waals surface area contributed by atoms with Crippen molar-refractivity contribution in [2.75, 3.05) is 5.32 Å². The van der Waals surface area contributed by atoms with Gasteiger partial charge in [-0.25, -0.2) is 15.0 Å². The van der Waals surface area contributed by atoms with E-state index in [1.54, 1.807) is 4.90 Å². The van der Waals surface area contributed by atoms with Gasteiger partial charge in [0.15, 0.2) is 0 Å². The Morgan fingerprint density at radius 1 is 1.18 bits per heavy atom. The van der Waals surface area contributed by atoms with Gasteiger partial charge in [0, 0.05) is 24.0 Å². The van der Waals surface area contributed by atoms with E-state index in [-0.39, 0.29) is 35.7 Å². The molecule has 0 bridgehead atoms. The van der Waals surface area contributed by atoms with Crippen LogP contribution in [0.15, 0.2) is 53.4 Å². The Kier molecular flexibility index (Phi) is 5.59. The molecule has 2 aliphatic rings. The number of aromatic hydroxyl groups is 1. The number of aryl methyl sites for hydroxylation is 1. The first-order chi connectivity index (χ1) is 16.2. The quantitative estimate of drug-likeness (QED) is 0.493. The van der Waals surface area contributed by atoms with Gasteiger partial charge in [-0.3, -0.25) is 9.59 Å². The predicted molar refractivity (Wildman–Crippen MR) is 130 cm³/mol. The minimum Gasteiger partial charge on any atom is -0.479 e. The molecule has 2 amide bonds. The Labute approximate surface area is 205 Å². The number of benzene rings is 1. The van der Waals surface area contributed by atoms with E-state index in [1.807, 2.05) is 43.3 Å². The maximum atomic E-state index is 13.4. The van der Waals surface area contributed by atoms with Crippen LogP contribution in [0.25, 0.3) is 11.1 Å². The van der Waals surface area contributed by atoms with Crippen LogP contribution >= 0.6 is 15.9 Å². The molecule has 3 aromatic rings. The molecule has 0 spiro atoms. The van der Waals surface area contributed by atoms with Crippen molar-refractivity contribution in [3.63, 3.8) is 0 Å². The second-order valence-corrected chi connectivity index (χ2v) is 10.1. The zero-order chi connectivity index (χ0) is 24.0. The number of amides is 2. The average Bonchev–Trinajstić information content (AvgIpc) is 3.36. The molecule has 1 saturated carbocycles. The molecule has 2 fully saturated rings. The highest BCUT2D eigenvalue weighted by Crippen LogP contribution is 2.59. The number of hydrogen-bond acceptors (Lipinski definition) is 6. The molecule has 1 aliphatic heterocycles. The molecule has 2 N–H and O–H groups in total. The topological polar surface area (TPSA) is 108 Å². The van der Waals surface area contributed by atoms with Crippen LogP contribution in [0.1, 0.15) is 30.9 Å². The molecular formula is C25H24BrN5O3. The van der Waals surface area contributed by atoms with E-state index in [9.17, 15) is 14.7 Å². The standard InChI is InChI=1S/C25H24BrN5O3/c1-14-6-7-20(26)29-22(14)30-23(33)18-10-25(2)11-19(25)31(18)21(32)9-15-4-3-5-16(8-15)17-12-27-24(34)28-13-17/h3-8,12-13,18-19H,9-11H2,1-2H3,(H,27,28,34)(H,29,30,33)/t18-,19+,25-/m0/s1. The van der Waals surface area contributed by atoms with E-state index in [0.717, 1.165) is 28.7 Å². The number of nitrogens with zero attached hydrogens (tertiary/aromatic N) is 4. The summed E-state index contributed by atoms with van der Waals surface area (Å²) in [6, 6.07) is 10.6. The number of nitrogens with one attached hydrogen (secondary N) is 1. The van der Waals surface area contributed by atoms with E-state index < -0.39 is 6.04 Å². The van der Waals surface area contributed by atoms with Crippen molar-refractivity contribution >= 4 is 33.6 Å². The molecule has 9 heteroatoms. The third-order valence-electron chi connectivity index (χ3n) is 6.78. The number of piperidine rings is 1. The van der Waals surface area contributed by atoms with E-state index in [1.165, 1.54) is 12.4 Å². The number of hydrogen-bond donors (Lipinski definition) is 2. The SMILES string of the molecule is Cc1ccc(Br)nc1NC(=O)[C@@H]1C[C@@]2(C)C[C@H]2N1C(=O)Cc1cccc(-c2cnc(O)nc2)c1. The Morgan fingerprint density at radius 3 is 2.71 bits per heavy atom. The van der Waals surface area contributed by atoms with Crippen LogP contribution in [-0.2, 0) is 16.0 Å². The molecule has 1 saturated heterocycles. The fourth-order valence-corrected chi connectivity index (χ4v) is 5.10. The second-order valence-electron chi connectivity index (χ2n) is 9.33. The van der Waals surface area contributed by atoms with Gasteiger partial charge < -0.3 is 15.3 Å². The van der Waals surface area contributed by atoms with Gasteiger partial charge in [0.05, 0.1) is 6.42 Å². The van der Waals surface area contributed by atoms with Crippen molar-refractivity contribution in [1.29, 1.82) is 0 Å². The van der Waals surface area contributed by atoms with E-state index in [4.69, 9.17) is 0 Å². The summed E-state index contributed by atoms with van der Waals surface area (Å²) in [7, 11) is 0. The first kappa shape index (κ1) is 22.5. The van der Waals surface area contributed by atoms with Crippen LogP contribution in [0.2, 0.25) is 0 Å². The van der Waals surface area contributed by atoms with Crippen LogP contribution in [0.4, 0.5) is 5.82 Å². The Bertz CT molecular complexity index is 1280. The number of halogens is 1. The molecule has 3 atom stereocenters. The Balaban J connectivity index is 1.34. The van der Waals surface area contributed by atoms with Gasteiger partial charge >= 0.3 is 6.01 Å². The summed E-state index contributed by atoms with van der Waals surface area (Å²) >= 11 is 3.35. The second kappa shape index (κ2) is 8.47. The van der Waals surface area contributed by atoms with E-state index in [2.05, 4.69) is 43.1 Å². The molecule has 2 aromatic heterocycles. The lowest BCUT2D eigenvalue weighted by atomic mass is 10.0. The summed E-state index contributed by atoms with van der Waals surface area (Å²) in [6.45, 7) is 4.02. The highest BCUT2D eigenvalue weighted by molar-refractivity contribution is 9.10. The largest absolute Gasteiger partial charge is 0.479 e. The van der Waals surface area contributed by atoms with Gasteiger partial charge in [-0.05, 0) is 63.9 Å². The average molecular weight is 522 g/mol. The van der Waals surface area contributed by atoms with Crippen LogP contribution in [-0.4, -0.2) is 48.9 Å². The normalized spacial score (nSPS) is 22.9. The van der Waals surface area contributed by atoms with Gasteiger partial charge in [0.1, 0.15) is 16.5 Å². The summed E-state index contributed by atoms with van der Waals surface area (Å²) in [4.78, 5) is 40.5. The summed E-state index contributed by atoms with van der Waals surface area (Å²) in [5.74, 6) is 0.233. The Morgan fingerprint density at radius 2 is 1.94 bits per heavy atom. The van der Waals surface area contributed by atoms with Crippen LogP contribution in [0.3, 0.4) is 0 Å². The molecule has 0 radical (unpaired) electrons. The van der Waals surface area contributed by atoms with Gasteiger partial charge in [0.2, 0.25) is 11.8 Å². The van der Waals surface area contributed by atoms with Crippen LogP contribution in [0, 0.1) is 12.3 Å². The minimum atomic E-state index is -0.523. The van der Waals surface area contributed by atoms with E-state index >= 15 is 0 Å². The molecule has 1 aliphatic carbocycles. The number of fused-ring (bicyclic) bond motifs is 1. The summed E-state index contributed by atoms with van der Waals surface area (Å²) in [6.07, 6.45) is 4.83. The van der Waals surface area contributed by atoms with Crippen molar-refractivity contribution in [3.05, 3.63) is 64.5 Å². The zero-order valence-electron chi connectivity index (χ0n) is 18.8. The Hall–Kier alpha value is -3.33. The zero-order valence-corrected chi connectivity index (χ0v) is 20.4. The van der Waals surface area contributed by atoms with Crippen LogP contribution < -0.4 is 5.32 Å². The first-order valence-corrected chi connectivity index (χ1v) is 11.9. The van der Waals surface area contributed by atoms with Gasteiger partial charge in [-0.1, -0.05) is 37.3 Å². The molecule has 1 aromatic carbocycles. The smallest absolute Gasteiger partial charge is 0.313 e. The number of rotatable bonds is 5. The molecule has 34 heavy (non-hydrogen) atoms. The lowest BCUT2D eigenvalue weighted by Crippen LogP contribution is -2.46. The first-order valence-electron chi connectivity index (χ1n) is 11.1. The third kappa shape index (κ3) is 4.27. The number of carbonyl (C=O) groups excluding carboxylic acids is 2. The highest BCUT2D eigenvalue weighted by atomic mass is 79.9. The molecular weight excluding hydrogens is 498 g/mol. The maximum Gasteiger partial charge on any atom is 0.313 e. The minimum absolute atomic E-state index is 0.0113.